The maximum atomic E-state index is 11.8. The van der Waals surface area contributed by atoms with E-state index in [-0.39, 0.29) is 17.7 Å². The largest absolute Gasteiger partial charge is 0.352 e. The maximum Gasteiger partial charge on any atom is 0.251 e. The van der Waals surface area contributed by atoms with Crippen LogP contribution in [0.3, 0.4) is 0 Å². The Morgan fingerprint density at radius 3 is 2.37 bits per heavy atom. The molecule has 1 aliphatic carbocycles. The molecule has 102 valence electrons. The van der Waals surface area contributed by atoms with E-state index in [1.807, 2.05) is 6.92 Å². The average molecular weight is 301 g/mol. The van der Waals surface area contributed by atoms with Gasteiger partial charge >= 0.3 is 0 Å². The first-order valence-corrected chi connectivity index (χ1v) is 6.76. The summed E-state index contributed by atoms with van der Waals surface area (Å²) in [7, 11) is 0. The Morgan fingerprint density at radius 2 is 1.89 bits per heavy atom. The Labute approximate surface area is 121 Å². The summed E-state index contributed by atoms with van der Waals surface area (Å²) < 4.78 is -0.926. The van der Waals surface area contributed by atoms with Crippen LogP contribution in [0.1, 0.15) is 23.7 Å². The molecular weight excluding hydrogens is 287 g/mol. The third-order valence-electron chi connectivity index (χ3n) is 2.89. The summed E-state index contributed by atoms with van der Waals surface area (Å²) in [5.41, 5.74) is 1.17. The molecule has 0 bridgehead atoms. The SMILES string of the molecule is CCNC(=O)c1ccc(NC(=O)C2CC2(Cl)Cl)cc1. The summed E-state index contributed by atoms with van der Waals surface area (Å²) in [6.45, 7) is 2.43. The number of anilines is 1. The first-order valence-electron chi connectivity index (χ1n) is 6.01. The van der Waals surface area contributed by atoms with Crippen LogP contribution in [0.15, 0.2) is 24.3 Å². The number of rotatable bonds is 4. The first kappa shape index (κ1) is 14.2. The third kappa shape index (κ3) is 3.39. The molecule has 2 amide bonds. The fourth-order valence-corrected chi connectivity index (χ4v) is 2.20. The number of hydrogen-bond acceptors (Lipinski definition) is 2. The van der Waals surface area contributed by atoms with Gasteiger partial charge in [0, 0.05) is 17.8 Å². The number of hydrogen-bond donors (Lipinski definition) is 2. The standard InChI is InChI=1S/C13H14Cl2N2O2/c1-2-16-11(18)8-3-5-9(6-4-8)17-12(19)10-7-13(10,14)15/h3-6,10H,2,7H2,1H3,(H,16,18)(H,17,19). The minimum Gasteiger partial charge on any atom is -0.352 e. The molecule has 2 N–H and O–H groups in total. The van der Waals surface area contributed by atoms with Crippen LogP contribution in [0.2, 0.25) is 0 Å². The monoisotopic (exact) mass is 300 g/mol. The highest BCUT2D eigenvalue weighted by molar-refractivity contribution is 6.52. The van der Waals surface area contributed by atoms with Crippen molar-refractivity contribution in [3.63, 3.8) is 0 Å². The van der Waals surface area contributed by atoms with Gasteiger partial charge in [-0.2, -0.15) is 0 Å². The van der Waals surface area contributed by atoms with Gasteiger partial charge in [0.1, 0.15) is 4.33 Å². The average Bonchev–Trinajstić information content (AvgIpc) is 3.00. The predicted molar refractivity (Wildman–Crippen MR) is 75.6 cm³/mol. The number of nitrogens with one attached hydrogen (secondary N) is 2. The van der Waals surface area contributed by atoms with E-state index < -0.39 is 4.33 Å². The summed E-state index contributed by atoms with van der Waals surface area (Å²) in [4.78, 5) is 23.3. The molecule has 2 rings (SSSR count). The third-order valence-corrected chi connectivity index (χ3v) is 3.73. The molecule has 1 saturated carbocycles. The summed E-state index contributed by atoms with van der Waals surface area (Å²) in [5, 5.41) is 5.42. The second-order valence-corrected chi connectivity index (χ2v) is 5.99. The highest BCUT2D eigenvalue weighted by Crippen LogP contribution is 2.53. The van der Waals surface area contributed by atoms with Gasteiger partial charge in [-0.3, -0.25) is 9.59 Å². The molecule has 0 spiro atoms. The molecule has 1 aromatic carbocycles. The lowest BCUT2D eigenvalue weighted by molar-refractivity contribution is -0.117. The molecule has 0 heterocycles. The molecule has 4 nitrogen and oxygen atoms in total. The van der Waals surface area contributed by atoms with E-state index in [0.717, 1.165) is 0 Å². The fraction of sp³-hybridized carbons (Fsp3) is 0.385. The van der Waals surface area contributed by atoms with Gasteiger partial charge in [0.05, 0.1) is 5.92 Å². The van der Waals surface area contributed by atoms with Crippen molar-refractivity contribution in [1.29, 1.82) is 0 Å². The number of amides is 2. The molecular formula is C13H14Cl2N2O2. The molecule has 0 aromatic heterocycles. The quantitative estimate of drug-likeness (QED) is 0.840. The molecule has 1 aromatic rings. The number of benzene rings is 1. The molecule has 6 heteroatoms. The van der Waals surface area contributed by atoms with Crippen molar-refractivity contribution in [3.05, 3.63) is 29.8 Å². The zero-order valence-corrected chi connectivity index (χ0v) is 11.9. The van der Waals surface area contributed by atoms with Crippen LogP contribution < -0.4 is 10.6 Å². The molecule has 1 fully saturated rings. The molecule has 0 aliphatic heterocycles. The van der Waals surface area contributed by atoms with Gasteiger partial charge in [-0.15, -0.1) is 23.2 Å². The Morgan fingerprint density at radius 1 is 1.32 bits per heavy atom. The van der Waals surface area contributed by atoms with E-state index in [9.17, 15) is 9.59 Å². The van der Waals surface area contributed by atoms with Gasteiger partial charge < -0.3 is 10.6 Å². The van der Waals surface area contributed by atoms with Gasteiger partial charge in [0.15, 0.2) is 0 Å². The Hall–Kier alpha value is -1.26. The Kier molecular flexibility index (Phi) is 4.02. The smallest absolute Gasteiger partial charge is 0.251 e. The molecule has 0 radical (unpaired) electrons. The van der Waals surface area contributed by atoms with Crippen LogP contribution in [0, 0.1) is 5.92 Å². The highest BCUT2D eigenvalue weighted by Gasteiger charge is 2.56. The molecule has 19 heavy (non-hydrogen) atoms. The van der Waals surface area contributed by atoms with Gasteiger partial charge in [0.2, 0.25) is 5.91 Å². The van der Waals surface area contributed by atoms with Crippen LogP contribution in [0.4, 0.5) is 5.69 Å². The normalized spacial score (nSPS) is 19.6. The summed E-state index contributed by atoms with van der Waals surface area (Å²) in [6, 6.07) is 6.66. The van der Waals surface area contributed by atoms with Crippen LogP contribution in [0.5, 0.6) is 0 Å². The first-order chi connectivity index (χ1) is 8.94. The van der Waals surface area contributed by atoms with E-state index in [1.165, 1.54) is 0 Å². The summed E-state index contributed by atoms with van der Waals surface area (Å²) in [6.07, 6.45) is 0.471. The summed E-state index contributed by atoms with van der Waals surface area (Å²) >= 11 is 11.6. The van der Waals surface area contributed by atoms with Crippen molar-refractivity contribution in [3.8, 4) is 0 Å². The Balaban J connectivity index is 1.96. The van der Waals surface area contributed by atoms with Crippen molar-refractivity contribution < 1.29 is 9.59 Å². The molecule has 1 atom stereocenters. The van der Waals surface area contributed by atoms with Crippen molar-refractivity contribution in [2.75, 3.05) is 11.9 Å². The van der Waals surface area contributed by atoms with Crippen molar-refractivity contribution in [2.45, 2.75) is 17.7 Å². The lowest BCUT2D eigenvalue weighted by Gasteiger charge is -2.06. The second-order valence-electron chi connectivity index (χ2n) is 4.44. The van der Waals surface area contributed by atoms with E-state index >= 15 is 0 Å². The zero-order valence-electron chi connectivity index (χ0n) is 10.4. The fourth-order valence-electron chi connectivity index (χ4n) is 1.69. The number of carbonyl (C=O) groups is 2. The predicted octanol–water partition coefficient (Wildman–Crippen LogP) is 2.57. The number of alkyl halides is 2. The van der Waals surface area contributed by atoms with Crippen LogP contribution in [-0.4, -0.2) is 22.7 Å². The van der Waals surface area contributed by atoms with E-state index in [0.29, 0.717) is 24.2 Å². The molecule has 1 unspecified atom stereocenters. The van der Waals surface area contributed by atoms with Crippen molar-refractivity contribution >= 4 is 40.7 Å². The zero-order chi connectivity index (χ0) is 14.0. The lowest BCUT2D eigenvalue weighted by atomic mass is 10.2. The van der Waals surface area contributed by atoms with Gasteiger partial charge in [-0.1, -0.05) is 0 Å². The maximum absolute atomic E-state index is 11.8. The van der Waals surface area contributed by atoms with Gasteiger partial charge in [0.25, 0.3) is 5.91 Å². The number of halogens is 2. The topological polar surface area (TPSA) is 58.2 Å². The van der Waals surface area contributed by atoms with Crippen LogP contribution in [0.25, 0.3) is 0 Å². The van der Waals surface area contributed by atoms with E-state index in [1.54, 1.807) is 24.3 Å². The number of carbonyl (C=O) groups excluding carboxylic acids is 2. The van der Waals surface area contributed by atoms with Crippen molar-refractivity contribution in [1.82, 2.24) is 5.32 Å². The van der Waals surface area contributed by atoms with Crippen LogP contribution in [-0.2, 0) is 4.79 Å². The molecule has 1 aliphatic rings. The van der Waals surface area contributed by atoms with E-state index in [4.69, 9.17) is 23.2 Å². The van der Waals surface area contributed by atoms with Crippen LogP contribution >= 0.6 is 23.2 Å². The minimum atomic E-state index is -0.926. The second kappa shape index (κ2) is 5.39. The Bertz CT molecular complexity index is 500. The lowest BCUT2D eigenvalue weighted by Crippen LogP contribution is -2.22. The summed E-state index contributed by atoms with van der Waals surface area (Å²) in [5.74, 6) is -0.697. The minimum absolute atomic E-state index is 0.136. The highest BCUT2D eigenvalue weighted by atomic mass is 35.5. The van der Waals surface area contributed by atoms with Crippen molar-refractivity contribution in [2.24, 2.45) is 5.92 Å². The molecule has 0 saturated heterocycles. The van der Waals surface area contributed by atoms with Gasteiger partial charge in [-0.05, 0) is 37.6 Å². The van der Waals surface area contributed by atoms with E-state index in [2.05, 4.69) is 10.6 Å². The van der Waals surface area contributed by atoms with Gasteiger partial charge in [-0.25, -0.2) is 0 Å².